The van der Waals surface area contributed by atoms with Gasteiger partial charge in [0.1, 0.15) is 11.4 Å². The molecule has 98 valence electrons. The van der Waals surface area contributed by atoms with Crippen molar-refractivity contribution in [1.29, 1.82) is 0 Å². The molecule has 2 rings (SSSR count). The smallest absolute Gasteiger partial charge is 0.410 e. The summed E-state index contributed by atoms with van der Waals surface area (Å²) in [4.78, 5) is 17.5. The number of rotatable bonds is 1. The summed E-state index contributed by atoms with van der Waals surface area (Å²) in [7, 11) is 0. The summed E-state index contributed by atoms with van der Waals surface area (Å²) < 4.78 is 5.26. The molecule has 1 aliphatic rings. The molecule has 1 saturated heterocycles. The number of nitrogens with zero attached hydrogens (tertiary/aromatic N) is 2. The number of hydrogen-bond acceptors (Lipinski definition) is 4. The zero-order valence-electron chi connectivity index (χ0n) is 10.9. The van der Waals surface area contributed by atoms with Crippen LogP contribution in [-0.4, -0.2) is 39.8 Å². The van der Waals surface area contributed by atoms with Gasteiger partial charge >= 0.3 is 6.09 Å². The maximum absolute atomic E-state index is 11.7. The second-order valence-corrected chi connectivity index (χ2v) is 5.49. The monoisotopic (exact) mass is 250 g/mol. The third kappa shape index (κ3) is 2.72. The summed E-state index contributed by atoms with van der Waals surface area (Å²) in [5, 5.41) is 9.66. The lowest BCUT2D eigenvalue weighted by Crippen LogP contribution is -2.50. The molecular weight excluding hydrogens is 232 g/mol. The standard InChI is InChI=1S/C13H18N2O3/c1-13(2,3)18-12(17)15-7-9(8-15)11-10(16)5-4-6-14-11/h4-6,9,16H,7-8H2,1-3H3. The van der Waals surface area contributed by atoms with E-state index in [9.17, 15) is 9.90 Å². The van der Waals surface area contributed by atoms with Crippen molar-refractivity contribution >= 4 is 6.09 Å². The van der Waals surface area contributed by atoms with Crippen LogP contribution in [0, 0.1) is 0 Å². The summed E-state index contributed by atoms with van der Waals surface area (Å²) in [5.41, 5.74) is 0.173. The molecule has 0 radical (unpaired) electrons. The van der Waals surface area contributed by atoms with Crippen LogP contribution in [0.15, 0.2) is 18.3 Å². The van der Waals surface area contributed by atoms with Crippen molar-refractivity contribution in [3.05, 3.63) is 24.0 Å². The molecule has 0 saturated carbocycles. The fourth-order valence-electron chi connectivity index (χ4n) is 1.85. The van der Waals surface area contributed by atoms with Crippen molar-refractivity contribution in [2.45, 2.75) is 32.3 Å². The van der Waals surface area contributed by atoms with Gasteiger partial charge in [-0.2, -0.15) is 0 Å². The molecule has 1 fully saturated rings. The number of carbonyl (C=O) groups is 1. The molecule has 5 nitrogen and oxygen atoms in total. The van der Waals surface area contributed by atoms with E-state index in [0.717, 1.165) is 0 Å². The van der Waals surface area contributed by atoms with E-state index >= 15 is 0 Å². The van der Waals surface area contributed by atoms with Crippen LogP contribution in [0.25, 0.3) is 0 Å². The van der Waals surface area contributed by atoms with E-state index in [1.807, 2.05) is 20.8 Å². The van der Waals surface area contributed by atoms with Crippen molar-refractivity contribution in [1.82, 2.24) is 9.88 Å². The number of aromatic hydroxyl groups is 1. The van der Waals surface area contributed by atoms with Gasteiger partial charge in [0.15, 0.2) is 0 Å². The van der Waals surface area contributed by atoms with Gasteiger partial charge in [-0.15, -0.1) is 0 Å². The van der Waals surface area contributed by atoms with Crippen LogP contribution in [-0.2, 0) is 4.74 Å². The number of likely N-dealkylation sites (tertiary alicyclic amines) is 1. The summed E-state index contributed by atoms with van der Waals surface area (Å²) >= 11 is 0. The van der Waals surface area contributed by atoms with Crippen LogP contribution in [0.3, 0.4) is 0 Å². The Labute approximate surface area is 106 Å². The van der Waals surface area contributed by atoms with Gasteiger partial charge in [-0.3, -0.25) is 4.98 Å². The number of pyridine rings is 1. The lowest BCUT2D eigenvalue weighted by atomic mass is 9.95. The van der Waals surface area contributed by atoms with E-state index < -0.39 is 5.60 Å². The highest BCUT2D eigenvalue weighted by Crippen LogP contribution is 2.31. The predicted molar refractivity (Wildman–Crippen MR) is 66.4 cm³/mol. The number of hydrogen-bond donors (Lipinski definition) is 1. The van der Waals surface area contributed by atoms with Crippen molar-refractivity contribution < 1.29 is 14.6 Å². The first-order valence-corrected chi connectivity index (χ1v) is 5.98. The molecule has 1 aromatic heterocycles. The molecule has 5 heteroatoms. The zero-order chi connectivity index (χ0) is 13.3. The Balaban J connectivity index is 1.91. The van der Waals surface area contributed by atoms with Gasteiger partial charge in [0, 0.05) is 25.2 Å². The van der Waals surface area contributed by atoms with Crippen LogP contribution >= 0.6 is 0 Å². The lowest BCUT2D eigenvalue weighted by Gasteiger charge is -2.39. The van der Waals surface area contributed by atoms with Crippen molar-refractivity contribution in [2.75, 3.05) is 13.1 Å². The quantitative estimate of drug-likeness (QED) is 0.829. The van der Waals surface area contributed by atoms with Gasteiger partial charge in [0.25, 0.3) is 0 Å². The minimum Gasteiger partial charge on any atom is -0.506 e. The van der Waals surface area contributed by atoms with Gasteiger partial charge in [-0.05, 0) is 32.9 Å². The second kappa shape index (κ2) is 4.48. The molecule has 0 unspecified atom stereocenters. The van der Waals surface area contributed by atoms with E-state index in [0.29, 0.717) is 18.8 Å². The highest BCUT2D eigenvalue weighted by molar-refractivity contribution is 5.69. The molecule has 0 bridgehead atoms. The van der Waals surface area contributed by atoms with Crippen molar-refractivity contribution in [2.24, 2.45) is 0 Å². The third-order valence-corrected chi connectivity index (χ3v) is 2.74. The van der Waals surface area contributed by atoms with Crippen LogP contribution in [0.2, 0.25) is 0 Å². The Bertz CT molecular complexity index is 448. The molecule has 1 aromatic rings. The Hall–Kier alpha value is -1.78. The van der Waals surface area contributed by atoms with Crippen LogP contribution in [0.5, 0.6) is 5.75 Å². The fraction of sp³-hybridized carbons (Fsp3) is 0.538. The molecule has 2 heterocycles. The van der Waals surface area contributed by atoms with Gasteiger partial charge in [0.05, 0.1) is 5.69 Å². The normalized spacial score (nSPS) is 16.3. The molecule has 0 aliphatic carbocycles. The third-order valence-electron chi connectivity index (χ3n) is 2.74. The predicted octanol–water partition coefficient (Wildman–Crippen LogP) is 2.12. The first kappa shape index (κ1) is 12.7. The summed E-state index contributed by atoms with van der Waals surface area (Å²) in [6.07, 6.45) is 1.33. The minimum absolute atomic E-state index is 0.0960. The van der Waals surface area contributed by atoms with E-state index in [1.165, 1.54) is 0 Å². The molecule has 1 N–H and O–H groups in total. The maximum atomic E-state index is 11.7. The fourth-order valence-corrected chi connectivity index (χ4v) is 1.85. The molecule has 0 atom stereocenters. The van der Waals surface area contributed by atoms with Gasteiger partial charge in [-0.25, -0.2) is 4.79 Å². The van der Waals surface area contributed by atoms with Crippen LogP contribution < -0.4 is 0 Å². The number of ether oxygens (including phenoxy) is 1. The summed E-state index contributed by atoms with van der Waals surface area (Å²) in [6, 6.07) is 3.29. The highest BCUT2D eigenvalue weighted by atomic mass is 16.6. The van der Waals surface area contributed by atoms with Crippen LogP contribution in [0.1, 0.15) is 32.4 Å². The maximum Gasteiger partial charge on any atom is 0.410 e. The average molecular weight is 250 g/mol. The van der Waals surface area contributed by atoms with Crippen molar-refractivity contribution in [3.8, 4) is 5.75 Å². The topological polar surface area (TPSA) is 62.7 Å². The lowest BCUT2D eigenvalue weighted by molar-refractivity contribution is 0.00765. The molecule has 0 aromatic carbocycles. The number of aromatic nitrogens is 1. The second-order valence-electron chi connectivity index (χ2n) is 5.49. The SMILES string of the molecule is CC(C)(C)OC(=O)N1CC(c2ncccc2O)C1. The zero-order valence-corrected chi connectivity index (χ0v) is 10.9. The van der Waals surface area contributed by atoms with E-state index in [4.69, 9.17) is 4.74 Å². The molecule has 1 aliphatic heterocycles. The Kier molecular flexibility index (Phi) is 3.15. The summed E-state index contributed by atoms with van der Waals surface area (Å²) in [5.74, 6) is 0.282. The van der Waals surface area contributed by atoms with Gasteiger partial charge in [-0.1, -0.05) is 0 Å². The van der Waals surface area contributed by atoms with Gasteiger partial charge < -0.3 is 14.7 Å². The Morgan fingerprint density at radius 2 is 2.17 bits per heavy atom. The van der Waals surface area contributed by atoms with Crippen LogP contribution in [0.4, 0.5) is 4.79 Å². The van der Waals surface area contributed by atoms with E-state index in [-0.39, 0.29) is 17.8 Å². The van der Waals surface area contributed by atoms with Crippen molar-refractivity contribution in [3.63, 3.8) is 0 Å². The summed E-state index contributed by atoms with van der Waals surface area (Å²) in [6.45, 7) is 6.60. The average Bonchev–Trinajstić information content (AvgIpc) is 2.15. The van der Waals surface area contributed by atoms with E-state index in [1.54, 1.807) is 23.2 Å². The first-order chi connectivity index (χ1) is 8.37. The molecule has 0 spiro atoms. The molecular formula is C13H18N2O3. The Morgan fingerprint density at radius 3 is 2.72 bits per heavy atom. The largest absolute Gasteiger partial charge is 0.506 e. The van der Waals surface area contributed by atoms with E-state index in [2.05, 4.69) is 4.98 Å². The number of amides is 1. The number of carbonyl (C=O) groups excluding carboxylic acids is 1. The first-order valence-electron chi connectivity index (χ1n) is 5.98. The Morgan fingerprint density at radius 1 is 1.50 bits per heavy atom. The highest BCUT2D eigenvalue weighted by Gasteiger charge is 2.36. The molecule has 18 heavy (non-hydrogen) atoms. The molecule has 1 amide bonds. The van der Waals surface area contributed by atoms with Gasteiger partial charge in [0.2, 0.25) is 0 Å². The minimum atomic E-state index is -0.477.